The highest BCUT2D eigenvalue weighted by molar-refractivity contribution is 7.09. The Morgan fingerprint density at radius 3 is 2.42 bits per heavy atom. The molecule has 0 bridgehead atoms. The smallest absolute Gasteiger partial charge is 0.0798 e. The predicted molar refractivity (Wildman–Crippen MR) is 81.2 cm³/mol. The van der Waals surface area contributed by atoms with Crippen LogP contribution >= 0.6 is 11.3 Å². The Hall–Kier alpha value is -1.23. The standard InChI is InChI=1S/C15H21N3S/c1-12-15(19-11-17-12)10-18(2)9-14-5-3-13(4-6-14)7-8-16/h3-6,11H,7-10,16H2,1-2H3. The van der Waals surface area contributed by atoms with Gasteiger partial charge in [0.15, 0.2) is 0 Å². The Kier molecular flexibility index (Phi) is 5.07. The summed E-state index contributed by atoms with van der Waals surface area (Å²) in [5.41, 5.74) is 11.3. The van der Waals surface area contributed by atoms with E-state index in [1.807, 2.05) is 5.51 Å². The molecular weight excluding hydrogens is 254 g/mol. The van der Waals surface area contributed by atoms with Gasteiger partial charge in [0.25, 0.3) is 0 Å². The molecule has 19 heavy (non-hydrogen) atoms. The molecule has 0 saturated carbocycles. The van der Waals surface area contributed by atoms with Crippen molar-refractivity contribution in [2.24, 2.45) is 5.73 Å². The number of nitrogens with two attached hydrogens (primary N) is 1. The maximum Gasteiger partial charge on any atom is 0.0798 e. The summed E-state index contributed by atoms with van der Waals surface area (Å²) in [5.74, 6) is 0. The first-order valence-corrected chi connectivity index (χ1v) is 7.42. The third-order valence-electron chi connectivity index (χ3n) is 3.17. The fourth-order valence-electron chi connectivity index (χ4n) is 2.07. The van der Waals surface area contributed by atoms with Gasteiger partial charge in [-0.25, -0.2) is 4.98 Å². The van der Waals surface area contributed by atoms with E-state index in [0.717, 1.165) is 25.2 Å². The summed E-state index contributed by atoms with van der Waals surface area (Å²) in [6.07, 6.45) is 0.955. The van der Waals surface area contributed by atoms with Gasteiger partial charge in [0.05, 0.1) is 11.2 Å². The number of aryl methyl sites for hydroxylation is 1. The molecule has 102 valence electrons. The minimum absolute atomic E-state index is 0.712. The highest BCUT2D eigenvalue weighted by atomic mass is 32.1. The SMILES string of the molecule is Cc1ncsc1CN(C)Cc1ccc(CCN)cc1. The zero-order chi connectivity index (χ0) is 13.7. The number of hydrogen-bond acceptors (Lipinski definition) is 4. The maximum atomic E-state index is 5.56. The topological polar surface area (TPSA) is 42.2 Å². The van der Waals surface area contributed by atoms with Crippen LogP contribution in [-0.2, 0) is 19.5 Å². The zero-order valence-corrected chi connectivity index (χ0v) is 12.4. The van der Waals surface area contributed by atoms with Gasteiger partial charge in [-0.2, -0.15) is 0 Å². The van der Waals surface area contributed by atoms with Crippen LogP contribution in [0, 0.1) is 6.92 Å². The normalized spacial score (nSPS) is 11.2. The zero-order valence-electron chi connectivity index (χ0n) is 11.6. The molecule has 0 aliphatic rings. The van der Waals surface area contributed by atoms with E-state index in [9.17, 15) is 0 Å². The molecule has 0 amide bonds. The van der Waals surface area contributed by atoms with Crippen molar-refractivity contribution in [3.05, 3.63) is 51.5 Å². The quantitative estimate of drug-likeness (QED) is 0.881. The molecule has 2 aromatic rings. The molecule has 1 aromatic heterocycles. The summed E-state index contributed by atoms with van der Waals surface area (Å²) in [4.78, 5) is 7.96. The van der Waals surface area contributed by atoms with Crippen LogP contribution in [0.1, 0.15) is 21.7 Å². The molecule has 1 aromatic carbocycles. The number of benzene rings is 1. The Labute approximate surface area is 119 Å². The van der Waals surface area contributed by atoms with E-state index in [0.29, 0.717) is 6.54 Å². The first-order valence-electron chi connectivity index (χ1n) is 6.54. The lowest BCUT2D eigenvalue weighted by Gasteiger charge is -2.16. The largest absolute Gasteiger partial charge is 0.330 e. The highest BCUT2D eigenvalue weighted by Crippen LogP contribution is 2.16. The summed E-state index contributed by atoms with van der Waals surface area (Å²) >= 11 is 1.73. The third-order valence-corrected chi connectivity index (χ3v) is 4.09. The molecule has 0 saturated heterocycles. The molecule has 1 heterocycles. The van der Waals surface area contributed by atoms with Crippen molar-refractivity contribution < 1.29 is 0 Å². The van der Waals surface area contributed by atoms with Crippen molar-refractivity contribution in [2.45, 2.75) is 26.4 Å². The van der Waals surface area contributed by atoms with Crippen molar-refractivity contribution in [1.82, 2.24) is 9.88 Å². The van der Waals surface area contributed by atoms with Gasteiger partial charge in [-0.05, 0) is 38.1 Å². The lowest BCUT2D eigenvalue weighted by molar-refractivity contribution is 0.321. The summed E-state index contributed by atoms with van der Waals surface area (Å²) in [6.45, 7) is 4.70. The molecule has 2 N–H and O–H groups in total. The minimum atomic E-state index is 0.712. The van der Waals surface area contributed by atoms with Crippen molar-refractivity contribution in [3.63, 3.8) is 0 Å². The summed E-state index contributed by atoms with van der Waals surface area (Å²) in [7, 11) is 2.15. The van der Waals surface area contributed by atoms with Crippen molar-refractivity contribution in [3.8, 4) is 0 Å². The maximum absolute atomic E-state index is 5.56. The van der Waals surface area contributed by atoms with Gasteiger partial charge < -0.3 is 5.73 Å². The van der Waals surface area contributed by atoms with Crippen molar-refractivity contribution in [1.29, 1.82) is 0 Å². The van der Waals surface area contributed by atoms with Crippen LogP contribution in [0.3, 0.4) is 0 Å². The first kappa shape index (κ1) is 14.2. The van der Waals surface area contributed by atoms with Gasteiger partial charge in [-0.1, -0.05) is 24.3 Å². The monoisotopic (exact) mass is 275 g/mol. The Morgan fingerprint density at radius 1 is 1.16 bits per heavy atom. The summed E-state index contributed by atoms with van der Waals surface area (Å²) in [5, 5.41) is 0. The van der Waals surface area contributed by atoms with Crippen LogP contribution in [0.25, 0.3) is 0 Å². The third kappa shape index (κ3) is 4.13. The second-order valence-corrected chi connectivity index (χ2v) is 5.83. The lowest BCUT2D eigenvalue weighted by Crippen LogP contribution is -2.17. The highest BCUT2D eigenvalue weighted by Gasteiger charge is 2.06. The second-order valence-electron chi connectivity index (χ2n) is 4.89. The van der Waals surface area contributed by atoms with Gasteiger partial charge in [-0.3, -0.25) is 4.90 Å². The summed E-state index contributed by atoms with van der Waals surface area (Å²) in [6, 6.07) is 8.74. The average molecular weight is 275 g/mol. The summed E-state index contributed by atoms with van der Waals surface area (Å²) < 4.78 is 0. The molecule has 0 fully saturated rings. The Bertz CT molecular complexity index is 504. The Balaban J connectivity index is 1.91. The second kappa shape index (κ2) is 6.80. The average Bonchev–Trinajstić information content (AvgIpc) is 2.78. The van der Waals surface area contributed by atoms with E-state index >= 15 is 0 Å². The van der Waals surface area contributed by atoms with E-state index in [-0.39, 0.29) is 0 Å². The van der Waals surface area contributed by atoms with Crippen LogP contribution in [0.15, 0.2) is 29.8 Å². The van der Waals surface area contributed by atoms with Gasteiger partial charge in [0.2, 0.25) is 0 Å². The van der Waals surface area contributed by atoms with Crippen molar-refractivity contribution >= 4 is 11.3 Å². The molecule has 3 nitrogen and oxygen atoms in total. The van der Waals surface area contributed by atoms with Gasteiger partial charge in [0.1, 0.15) is 0 Å². The van der Waals surface area contributed by atoms with Crippen LogP contribution in [0.4, 0.5) is 0 Å². The lowest BCUT2D eigenvalue weighted by atomic mass is 10.1. The number of rotatable bonds is 6. The van der Waals surface area contributed by atoms with E-state index in [2.05, 4.69) is 48.1 Å². The number of hydrogen-bond donors (Lipinski definition) is 1. The van der Waals surface area contributed by atoms with Crippen LogP contribution in [0.5, 0.6) is 0 Å². The van der Waals surface area contributed by atoms with Gasteiger partial charge in [0, 0.05) is 18.0 Å². The Morgan fingerprint density at radius 2 is 1.84 bits per heavy atom. The molecule has 0 unspecified atom stereocenters. The van der Waals surface area contributed by atoms with Crippen LogP contribution in [0.2, 0.25) is 0 Å². The molecular formula is C15H21N3S. The van der Waals surface area contributed by atoms with Crippen molar-refractivity contribution in [2.75, 3.05) is 13.6 Å². The molecule has 0 aliphatic heterocycles. The molecule has 4 heteroatoms. The van der Waals surface area contributed by atoms with E-state index < -0.39 is 0 Å². The number of thiazole rings is 1. The van der Waals surface area contributed by atoms with E-state index in [1.54, 1.807) is 11.3 Å². The van der Waals surface area contributed by atoms with E-state index in [4.69, 9.17) is 5.73 Å². The number of aromatic nitrogens is 1. The molecule has 0 spiro atoms. The van der Waals surface area contributed by atoms with Gasteiger partial charge >= 0.3 is 0 Å². The molecule has 0 aliphatic carbocycles. The minimum Gasteiger partial charge on any atom is -0.330 e. The fraction of sp³-hybridized carbons (Fsp3) is 0.400. The van der Waals surface area contributed by atoms with Crippen LogP contribution < -0.4 is 5.73 Å². The molecule has 2 rings (SSSR count). The number of nitrogens with zero attached hydrogens (tertiary/aromatic N) is 2. The van der Waals surface area contributed by atoms with E-state index in [1.165, 1.54) is 16.0 Å². The van der Waals surface area contributed by atoms with Crippen LogP contribution in [-0.4, -0.2) is 23.5 Å². The fourth-order valence-corrected chi connectivity index (χ4v) is 2.92. The van der Waals surface area contributed by atoms with Gasteiger partial charge in [-0.15, -0.1) is 11.3 Å². The molecule has 0 atom stereocenters. The first-order chi connectivity index (χ1) is 9.19. The predicted octanol–water partition coefficient (Wildman–Crippen LogP) is 2.58. The molecule has 0 radical (unpaired) electrons.